The van der Waals surface area contributed by atoms with Crippen molar-refractivity contribution in [3.8, 4) is 0 Å². The average Bonchev–Trinajstić information content (AvgIpc) is 2.96. The quantitative estimate of drug-likeness (QED) is 0.707. The Morgan fingerprint density at radius 3 is 2.68 bits per heavy atom. The third-order valence-electron chi connectivity index (χ3n) is 5.39. The maximum atomic E-state index is 13.5. The number of carbonyl (C=O) groups excluding carboxylic acids is 2. The number of nitrogens with zero attached hydrogens (tertiary/aromatic N) is 4. The first-order valence-corrected chi connectivity index (χ1v) is 9.22. The lowest BCUT2D eigenvalue weighted by Crippen LogP contribution is -2.42. The Morgan fingerprint density at radius 2 is 1.93 bits per heavy atom. The number of pyridine rings is 1. The standard InChI is InChI=1S/C21H23N5O2/c1-13-19(22)16-6-4-5-7-18(16)26(13)20(27)17-11-23-10-14-12-25(9-8-15(14)17)21(28)24(2)3/h4-7,10-11H,8-9,12,22H2,1-3H3. The van der Waals surface area contributed by atoms with Crippen LogP contribution in [0.4, 0.5) is 10.5 Å². The Labute approximate surface area is 163 Å². The van der Waals surface area contributed by atoms with E-state index in [1.807, 2.05) is 31.2 Å². The predicted molar refractivity (Wildman–Crippen MR) is 108 cm³/mol. The summed E-state index contributed by atoms with van der Waals surface area (Å²) in [5.41, 5.74) is 10.8. The summed E-state index contributed by atoms with van der Waals surface area (Å²) in [5.74, 6) is -0.137. The zero-order valence-electron chi connectivity index (χ0n) is 16.3. The molecule has 3 aromatic rings. The normalized spacial score (nSPS) is 13.5. The molecule has 0 bridgehead atoms. The number of hydrogen-bond donors (Lipinski definition) is 1. The highest BCUT2D eigenvalue weighted by Gasteiger charge is 2.27. The maximum Gasteiger partial charge on any atom is 0.319 e. The maximum absolute atomic E-state index is 13.5. The van der Waals surface area contributed by atoms with Crippen LogP contribution >= 0.6 is 0 Å². The molecule has 0 atom stereocenters. The third kappa shape index (κ3) is 2.70. The number of hydrogen-bond acceptors (Lipinski definition) is 4. The molecule has 1 aliphatic rings. The first-order valence-electron chi connectivity index (χ1n) is 9.22. The van der Waals surface area contributed by atoms with Gasteiger partial charge in [-0.3, -0.25) is 14.3 Å². The van der Waals surface area contributed by atoms with Gasteiger partial charge in [0.15, 0.2) is 0 Å². The number of anilines is 1. The van der Waals surface area contributed by atoms with E-state index >= 15 is 0 Å². The van der Waals surface area contributed by atoms with Crippen molar-refractivity contribution in [1.82, 2.24) is 19.4 Å². The Balaban J connectivity index is 1.77. The second-order valence-corrected chi connectivity index (χ2v) is 7.33. The smallest absolute Gasteiger partial charge is 0.319 e. The highest BCUT2D eigenvalue weighted by molar-refractivity contribution is 6.07. The number of amides is 2. The molecule has 4 rings (SSSR count). The van der Waals surface area contributed by atoms with Gasteiger partial charge in [-0.05, 0) is 30.5 Å². The van der Waals surface area contributed by atoms with E-state index in [9.17, 15) is 9.59 Å². The van der Waals surface area contributed by atoms with Gasteiger partial charge < -0.3 is 15.5 Å². The van der Waals surface area contributed by atoms with Crippen molar-refractivity contribution in [2.75, 3.05) is 26.4 Å². The molecule has 0 aliphatic carbocycles. The van der Waals surface area contributed by atoms with Gasteiger partial charge in [0.2, 0.25) is 0 Å². The molecule has 2 amide bonds. The Hall–Kier alpha value is -3.35. The Kier molecular flexibility index (Phi) is 4.30. The van der Waals surface area contributed by atoms with Crippen LogP contribution in [0.15, 0.2) is 36.7 Å². The fourth-order valence-corrected chi connectivity index (χ4v) is 3.90. The number of carbonyl (C=O) groups is 2. The summed E-state index contributed by atoms with van der Waals surface area (Å²) in [4.78, 5) is 33.4. The number of urea groups is 1. The molecule has 0 saturated carbocycles. The molecule has 0 spiro atoms. The van der Waals surface area contributed by atoms with E-state index in [1.54, 1.807) is 40.9 Å². The summed E-state index contributed by atoms with van der Waals surface area (Å²) in [6, 6.07) is 7.59. The predicted octanol–water partition coefficient (Wildman–Crippen LogP) is 2.66. The van der Waals surface area contributed by atoms with Crippen LogP contribution in [-0.2, 0) is 13.0 Å². The van der Waals surface area contributed by atoms with Gasteiger partial charge in [0, 0.05) is 50.7 Å². The number of benzene rings is 1. The van der Waals surface area contributed by atoms with Crippen molar-refractivity contribution in [3.05, 3.63) is 59.0 Å². The molecule has 2 aromatic heterocycles. The lowest BCUT2D eigenvalue weighted by Gasteiger charge is -2.31. The number of rotatable bonds is 1. The SMILES string of the molecule is Cc1c(N)c2ccccc2n1C(=O)c1cncc2c1CCN(C(=O)N(C)C)C2. The second-order valence-electron chi connectivity index (χ2n) is 7.33. The van der Waals surface area contributed by atoms with E-state index in [0.29, 0.717) is 30.8 Å². The van der Waals surface area contributed by atoms with E-state index in [2.05, 4.69) is 4.98 Å². The number of aromatic nitrogens is 2. The number of nitrogens with two attached hydrogens (primary N) is 1. The highest BCUT2D eigenvalue weighted by atomic mass is 16.2. The molecule has 0 unspecified atom stereocenters. The fourth-order valence-electron chi connectivity index (χ4n) is 3.90. The van der Waals surface area contributed by atoms with E-state index in [4.69, 9.17) is 5.73 Å². The zero-order chi connectivity index (χ0) is 20.0. The van der Waals surface area contributed by atoms with Crippen LogP contribution in [0.3, 0.4) is 0 Å². The number of nitrogen functional groups attached to an aromatic ring is 1. The van der Waals surface area contributed by atoms with Crippen molar-refractivity contribution in [2.24, 2.45) is 0 Å². The van der Waals surface area contributed by atoms with Gasteiger partial charge in [0.25, 0.3) is 5.91 Å². The van der Waals surface area contributed by atoms with E-state index < -0.39 is 0 Å². The van der Waals surface area contributed by atoms with Crippen LogP contribution in [0.1, 0.15) is 27.2 Å². The first kappa shape index (κ1) is 18.0. The molecule has 144 valence electrons. The molecule has 1 aromatic carbocycles. The van der Waals surface area contributed by atoms with Crippen LogP contribution in [0.25, 0.3) is 10.9 Å². The monoisotopic (exact) mass is 377 g/mol. The Morgan fingerprint density at radius 1 is 1.18 bits per heavy atom. The molecular weight excluding hydrogens is 354 g/mol. The third-order valence-corrected chi connectivity index (χ3v) is 5.39. The van der Waals surface area contributed by atoms with Crippen molar-refractivity contribution in [1.29, 1.82) is 0 Å². The van der Waals surface area contributed by atoms with Gasteiger partial charge in [0.05, 0.1) is 16.8 Å². The second kappa shape index (κ2) is 6.67. The number of para-hydroxylation sites is 1. The molecule has 0 radical (unpaired) electrons. The van der Waals surface area contributed by atoms with Crippen LogP contribution in [0.5, 0.6) is 0 Å². The molecule has 3 heterocycles. The van der Waals surface area contributed by atoms with Crippen LogP contribution in [0.2, 0.25) is 0 Å². The van der Waals surface area contributed by atoms with Crippen molar-refractivity contribution < 1.29 is 9.59 Å². The minimum atomic E-state index is -0.137. The minimum Gasteiger partial charge on any atom is -0.397 e. The topological polar surface area (TPSA) is 84.5 Å². The van der Waals surface area contributed by atoms with Crippen LogP contribution in [-0.4, -0.2) is 51.9 Å². The Bertz CT molecular complexity index is 1100. The minimum absolute atomic E-state index is 0.0394. The summed E-state index contributed by atoms with van der Waals surface area (Å²) in [6.45, 7) is 2.88. The van der Waals surface area contributed by atoms with Gasteiger partial charge in [-0.25, -0.2) is 4.79 Å². The summed E-state index contributed by atoms with van der Waals surface area (Å²) in [7, 11) is 3.47. The first-order chi connectivity index (χ1) is 13.4. The van der Waals surface area contributed by atoms with Crippen LogP contribution < -0.4 is 5.73 Å². The molecule has 7 nitrogen and oxygen atoms in total. The van der Waals surface area contributed by atoms with Crippen molar-refractivity contribution in [3.63, 3.8) is 0 Å². The van der Waals surface area contributed by atoms with Gasteiger partial charge in [-0.1, -0.05) is 18.2 Å². The molecular formula is C21H23N5O2. The molecule has 0 fully saturated rings. The van der Waals surface area contributed by atoms with Gasteiger partial charge in [-0.2, -0.15) is 0 Å². The van der Waals surface area contributed by atoms with Crippen molar-refractivity contribution >= 4 is 28.5 Å². The van der Waals surface area contributed by atoms with Gasteiger partial charge in [0.1, 0.15) is 0 Å². The summed E-state index contributed by atoms with van der Waals surface area (Å²) in [6.07, 6.45) is 3.98. The molecule has 0 saturated heterocycles. The lowest BCUT2D eigenvalue weighted by atomic mass is 9.96. The van der Waals surface area contributed by atoms with Gasteiger partial charge in [-0.15, -0.1) is 0 Å². The molecule has 1 aliphatic heterocycles. The van der Waals surface area contributed by atoms with Crippen molar-refractivity contribution in [2.45, 2.75) is 19.9 Å². The van der Waals surface area contributed by atoms with Crippen LogP contribution in [0, 0.1) is 6.92 Å². The average molecular weight is 377 g/mol. The number of fused-ring (bicyclic) bond motifs is 2. The molecule has 28 heavy (non-hydrogen) atoms. The molecule has 7 heteroatoms. The lowest BCUT2D eigenvalue weighted by molar-refractivity contribution is 0.0961. The van der Waals surface area contributed by atoms with E-state index in [0.717, 1.165) is 27.7 Å². The largest absolute Gasteiger partial charge is 0.397 e. The van der Waals surface area contributed by atoms with E-state index in [-0.39, 0.29) is 11.9 Å². The summed E-state index contributed by atoms with van der Waals surface area (Å²) in [5, 5.41) is 0.869. The molecule has 2 N–H and O–H groups in total. The zero-order valence-corrected chi connectivity index (χ0v) is 16.3. The van der Waals surface area contributed by atoms with Gasteiger partial charge >= 0.3 is 6.03 Å². The summed E-state index contributed by atoms with van der Waals surface area (Å²) >= 11 is 0. The highest BCUT2D eigenvalue weighted by Crippen LogP contribution is 2.30. The summed E-state index contributed by atoms with van der Waals surface area (Å²) < 4.78 is 1.67. The van der Waals surface area contributed by atoms with E-state index in [1.165, 1.54) is 0 Å². The fraction of sp³-hybridized carbons (Fsp3) is 0.286.